The van der Waals surface area contributed by atoms with Crippen molar-refractivity contribution in [1.29, 1.82) is 0 Å². The highest BCUT2D eigenvalue weighted by Gasteiger charge is 2.16. The van der Waals surface area contributed by atoms with E-state index in [1.165, 1.54) is 0 Å². The van der Waals surface area contributed by atoms with Crippen LogP contribution in [-0.4, -0.2) is 35.9 Å². The predicted octanol–water partition coefficient (Wildman–Crippen LogP) is 1.51. The molecule has 1 atom stereocenters. The molecule has 0 bridgehead atoms. The Kier molecular flexibility index (Phi) is 3.90. The Morgan fingerprint density at radius 1 is 1.50 bits per heavy atom. The second-order valence-electron chi connectivity index (χ2n) is 3.97. The lowest BCUT2D eigenvalue weighted by atomic mass is 10.1. The molecular formula is C12H17NO3. The number of likely N-dealkylation sites (N-methyl/N-ethyl adjacent to an activating group) is 1. The zero-order valence-corrected chi connectivity index (χ0v) is 9.77. The van der Waals surface area contributed by atoms with Crippen LogP contribution in [-0.2, 0) is 0 Å². The summed E-state index contributed by atoms with van der Waals surface area (Å²) < 4.78 is 0. The number of carboxylic acid groups (broad SMARTS) is 1. The van der Waals surface area contributed by atoms with E-state index in [9.17, 15) is 4.79 Å². The summed E-state index contributed by atoms with van der Waals surface area (Å²) >= 11 is 0. The molecule has 0 aromatic heterocycles. The van der Waals surface area contributed by atoms with Gasteiger partial charge in [0, 0.05) is 13.1 Å². The first kappa shape index (κ1) is 12.5. The number of benzene rings is 1. The maximum atomic E-state index is 11.1. The zero-order valence-electron chi connectivity index (χ0n) is 9.77. The van der Waals surface area contributed by atoms with Gasteiger partial charge in [-0.25, -0.2) is 4.79 Å². The summed E-state index contributed by atoms with van der Waals surface area (Å²) in [7, 11) is 1.78. The average molecular weight is 223 g/mol. The maximum Gasteiger partial charge on any atom is 0.337 e. The van der Waals surface area contributed by atoms with Gasteiger partial charge in [-0.05, 0) is 31.5 Å². The molecule has 16 heavy (non-hydrogen) atoms. The number of carbonyl (C=O) groups is 1. The number of hydrogen-bond acceptors (Lipinski definition) is 3. The van der Waals surface area contributed by atoms with Gasteiger partial charge >= 0.3 is 5.97 Å². The quantitative estimate of drug-likeness (QED) is 0.812. The summed E-state index contributed by atoms with van der Waals surface area (Å²) in [5, 5.41) is 18.1. The van der Waals surface area contributed by atoms with Crippen molar-refractivity contribution in [2.45, 2.75) is 19.9 Å². The normalized spacial score (nSPS) is 12.2. The third kappa shape index (κ3) is 2.52. The van der Waals surface area contributed by atoms with Gasteiger partial charge in [-0.3, -0.25) is 0 Å². The first-order valence-electron chi connectivity index (χ1n) is 5.15. The number of hydrogen-bond donors (Lipinski definition) is 2. The highest BCUT2D eigenvalue weighted by atomic mass is 16.4. The van der Waals surface area contributed by atoms with E-state index in [4.69, 9.17) is 10.2 Å². The molecule has 0 saturated heterocycles. The summed E-state index contributed by atoms with van der Waals surface area (Å²) in [5.74, 6) is -0.952. The second kappa shape index (κ2) is 4.99. The second-order valence-corrected chi connectivity index (χ2v) is 3.97. The van der Waals surface area contributed by atoms with Gasteiger partial charge in [-0.2, -0.15) is 0 Å². The molecule has 0 heterocycles. The van der Waals surface area contributed by atoms with Crippen molar-refractivity contribution < 1.29 is 15.0 Å². The smallest absolute Gasteiger partial charge is 0.337 e. The summed E-state index contributed by atoms with van der Waals surface area (Å²) in [6.07, 6.45) is 0. The van der Waals surface area contributed by atoms with Gasteiger partial charge in [-0.15, -0.1) is 0 Å². The molecule has 0 spiro atoms. The third-order valence-corrected chi connectivity index (χ3v) is 2.69. The molecule has 0 aliphatic carbocycles. The van der Waals surface area contributed by atoms with Crippen LogP contribution >= 0.6 is 0 Å². The van der Waals surface area contributed by atoms with Crippen molar-refractivity contribution in [3.63, 3.8) is 0 Å². The van der Waals surface area contributed by atoms with Gasteiger partial charge in [0.25, 0.3) is 0 Å². The molecule has 0 fully saturated rings. The fourth-order valence-corrected chi connectivity index (χ4v) is 1.47. The number of nitrogens with zero attached hydrogens (tertiary/aromatic N) is 1. The Hall–Kier alpha value is -1.55. The number of aliphatic hydroxyl groups is 1. The van der Waals surface area contributed by atoms with Crippen LogP contribution in [0.15, 0.2) is 18.2 Å². The number of aliphatic hydroxyl groups excluding tert-OH is 1. The van der Waals surface area contributed by atoms with Crippen molar-refractivity contribution in [3.05, 3.63) is 29.3 Å². The Morgan fingerprint density at radius 2 is 2.12 bits per heavy atom. The van der Waals surface area contributed by atoms with Gasteiger partial charge in [-0.1, -0.05) is 6.07 Å². The third-order valence-electron chi connectivity index (χ3n) is 2.69. The highest BCUT2D eigenvalue weighted by molar-refractivity contribution is 5.94. The molecule has 1 unspecified atom stereocenters. The Morgan fingerprint density at radius 3 is 2.62 bits per heavy atom. The average Bonchev–Trinajstić information content (AvgIpc) is 2.26. The lowest BCUT2D eigenvalue weighted by molar-refractivity contribution is 0.0697. The minimum absolute atomic E-state index is 0.0104. The van der Waals surface area contributed by atoms with Crippen molar-refractivity contribution in [2.24, 2.45) is 0 Å². The van der Waals surface area contributed by atoms with Gasteiger partial charge < -0.3 is 15.1 Å². The molecule has 0 radical (unpaired) electrons. The number of rotatable bonds is 4. The standard InChI is InChI=1S/C12H17NO3/c1-8-4-5-10(12(15)16)11(6-8)13(3)9(2)7-14/h4-6,9,14H,7H2,1-3H3,(H,15,16). The van der Waals surface area contributed by atoms with Crippen molar-refractivity contribution >= 4 is 11.7 Å². The highest BCUT2D eigenvalue weighted by Crippen LogP contribution is 2.22. The zero-order chi connectivity index (χ0) is 12.3. The molecule has 4 nitrogen and oxygen atoms in total. The van der Waals surface area contributed by atoms with Crippen molar-refractivity contribution in [2.75, 3.05) is 18.6 Å². The Labute approximate surface area is 95.1 Å². The number of aromatic carboxylic acids is 1. The van der Waals surface area contributed by atoms with E-state index in [0.717, 1.165) is 5.56 Å². The molecular weight excluding hydrogens is 206 g/mol. The van der Waals surface area contributed by atoms with Crippen LogP contribution in [0.25, 0.3) is 0 Å². The molecule has 1 rings (SSSR count). The summed E-state index contributed by atoms with van der Waals surface area (Å²) in [5.41, 5.74) is 1.89. The molecule has 0 aliphatic rings. The van der Waals surface area contributed by atoms with E-state index in [1.54, 1.807) is 24.1 Å². The lowest BCUT2D eigenvalue weighted by Crippen LogP contribution is -2.33. The van der Waals surface area contributed by atoms with Crippen LogP contribution in [0.4, 0.5) is 5.69 Å². The van der Waals surface area contributed by atoms with Crippen molar-refractivity contribution in [3.8, 4) is 0 Å². The van der Waals surface area contributed by atoms with Crippen LogP contribution < -0.4 is 4.90 Å². The topological polar surface area (TPSA) is 60.8 Å². The summed E-state index contributed by atoms with van der Waals surface area (Å²) in [4.78, 5) is 12.8. The number of anilines is 1. The van der Waals surface area contributed by atoms with Crippen LogP contribution in [0.3, 0.4) is 0 Å². The van der Waals surface area contributed by atoms with Crippen LogP contribution in [0, 0.1) is 6.92 Å². The first-order valence-corrected chi connectivity index (χ1v) is 5.15. The van der Waals surface area contributed by atoms with Gasteiger partial charge in [0.05, 0.1) is 17.9 Å². The first-order chi connectivity index (χ1) is 7.47. The fraction of sp³-hybridized carbons (Fsp3) is 0.417. The van der Waals surface area contributed by atoms with Gasteiger partial charge in [0.2, 0.25) is 0 Å². The summed E-state index contributed by atoms with van der Waals surface area (Å²) in [6.45, 7) is 3.74. The Balaban J connectivity index is 3.19. The number of aryl methyl sites for hydroxylation is 1. The predicted molar refractivity (Wildman–Crippen MR) is 63.1 cm³/mol. The Bertz CT molecular complexity index is 390. The molecule has 0 saturated carbocycles. The van der Waals surface area contributed by atoms with Crippen LogP contribution in [0.2, 0.25) is 0 Å². The molecule has 1 aromatic carbocycles. The van der Waals surface area contributed by atoms with Gasteiger partial charge in [0.1, 0.15) is 0 Å². The van der Waals surface area contributed by atoms with Crippen molar-refractivity contribution in [1.82, 2.24) is 0 Å². The molecule has 4 heteroatoms. The number of carboxylic acids is 1. The van der Waals surface area contributed by atoms with E-state index in [0.29, 0.717) is 5.69 Å². The van der Waals surface area contributed by atoms with Crippen LogP contribution in [0.5, 0.6) is 0 Å². The molecule has 0 aliphatic heterocycles. The SMILES string of the molecule is Cc1ccc(C(=O)O)c(N(C)C(C)CO)c1. The monoisotopic (exact) mass is 223 g/mol. The lowest BCUT2D eigenvalue weighted by Gasteiger charge is -2.27. The molecule has 88 valence electrons. The fourth-order valence-electron chi connectivity index (χ4n) is 1.47. The van der Waals surface area contributed by atoms with E-state index in [-0.39, 0.29) is 18.2 Å². The molecule has 0 amide bonds. The minimum atomic E-state index is -0.952. The van der Waals surface area contributed by atoms with E-state index < -0.39 is 5.97 Å². The summed E-state index contributed by atoms with van der Waals surface area (Å²) in [6, 6.07) is 5.06. The van der Waals surface area contributed by atoms with E-state index >= 15 is 0 Å². The van der Waals surface area contributed by atoms with Gasteiger partial charge in [0.15, 0.2) is 0 Å². The molecule has 1 aromatic rings. The van der Waals surface area contributed by atoms with E-state index in [2.05, 4.69) is 0 Å². The van der Waals surface area contributed by atoms with E-state index in [1.807, 2.05) is 19.9 Å². The maximum absolute atomic E-state index is 11.1. The largest absolute Gasteiger partial charge is 0.478 e. The molecule has 2 N–H and O–H groups in total. The van der Waals surface area contributed by atoms with Crippen LogP contribution in [0.1, 0.15) is 22.8 Å². The minimum Gasteiger partial charge on any atom is -0.478 e.